The summed E-state index contributed by atoms with van der Waals surface area (Å²) in [5, 5.41) is 0. The van der Waals surface area contributed by atoms with Gasteiger partial charge in [0.15, 0.2) is 0 Å². The van der Waals surface area contributed by atoms with Crippen molar-refractivity contribution in [3.63, 3.8) is 0 Å². The zero-order valence-corrected chi connectivity index (χ0v) is 12.8. The number of para-hydroxylation sites is 1. The molecule has 0 aliphatic heterocycles. The minimum Gasteiger partial charge on any atom is -0.489 e. The number of halogens is 2. The van der Waals surface area contributed by atoms with Crippen molar-refractivity contribution in [2.24, 2.45) is 0 Å². The van der Waals surface area contributed by atoms with Crippen LogP contribution in [-0.4, -0.2) is 31.5 Å². The van der Waals surface area contributed by atoms with E-state index in [-0.39, 0.29) is 18.3 Å². The number of carbonyl (C=O) groups is 1. The van der Waals surface area contributed by atoms with Crippen molar-refractivity contribution in [1.29, 1.82) is 0 Å². The van der Waals surface area contributed by atoms with Gasteiger partial charge in [0.25, 0.3) is 5.91 Å². The van der Waals surface area contributed by atoms with E-state index in [2.05, 4.69) is 4.74 Å². The van der Waals surface area contributed by atoms with Crippen LogP contribution < -0.4 is 9.47 Å². The molecule has 6 heteroatoms. The average molecular weight is 321 g/mol. The quantitative estimate of drug-likeness (QED) is 0.816. The SMILES string of the molecule is CN(C)C(=O)c1ccc(OCc2ccccc2OC(F)F)cc1. The van der Waals surface area contributed by atoms with Crippen molar-refractivity contribution in [2.45, 2.75) is 13.2 Å². The molecule has 0 aromatic heterocycles. The molecule has 0 heterocycles. The molecule has 2 rings (SSSR count). The van der Waals surface area contributed by atoms with Crippen molar-refractivity contribution in [3.8, 4) is 11.5 Å². The predicted octanol–water partition coefficient (Wildman–Crippen LogP) is 3.57. The Kier molecular flexibility index (Phi) is 5.51. The van der Waals surface area contributed by atoms with Crippen LogP contribution in [0.4, 0.5) is 8.78 Å². The summed E-state index contributed by atoms with van der Waals surface area (Å²) in [5.41, 5.74) is 1.06. The molecule has 0 atom stereocenters. The highest BCUT2D eigenvalue weighted by molar-refractivity contribution is 5.93. The van der Waals surface area contributed by atoms with Crippen molar-refractivity contribution < 1.29 is 23.0 Å². The summed E-state index contributed by atoms with van der Waals surface area (Å²) in [6, 6.07) is 13.1. The maximum absolute atomic E-state index is 12.4. The molecule has 4 nitrogen and oxygen atoms in total. The summed E-state index contributed by atoms with van der Waals surface area (Å²) in [7, 11) is 3.35. The molecule has 1 amide bonds. The molecule has 23 heavy (non-hydrogen) atoms. The molecule has 0 N–H and O–H groups in total. The monoisotopic (exact) mass is 321 g/mol. The summed E-state index contributed by atoms with van der Waals surface area (Å²) in [6.07, 6.45) is 0. The first kappa shape index (κ1) is 16.7. The van der Waals surface area contributed by atoms with Gasteiger partial charge in [-0.15, -0.1) is 0 Å². The Hall–Kier alpha value is -2.63. The molecular formula is C17H17F2NO3. The number of hydrogen-bond donors (Lipinski definition) is 0. The molecule has 2 aromatic rings. The van der Waals surface area contributed by atoms with E-state index >= 15 is 0 Å². The molecular weight excluding hydrogens is 304 g/mol. The minimum absolute atomic E-state index is 0.0851. The van der Waals surface area contributed by atoms with E-state index in [4.69, 9.17) is 4.74 Å². The third-order valence-electron chi connectivity index (χ3n) is 3.09. The van der Waals surface area contributed by atoms with Crippen LogP contribution in [0.1, 0.15) is 15.9 Å². The van der Waals surface area contributed by atoms with Crippen molar-refractivity contribution in [2.75, 3.05) is 14.1 Å². The maximum atomic E-state index is 12.4. The molecule has 0 fully saturated rings. The highest BCUT2D eigenvalue weighted by Gasteiger charge is 2.10. The number of benzene rings is 2. The molecule has 0 spiro atoms. The topological polar surface area (TPSA) is 38.8 Å². The number of amides is 1. The Morgan fingerprint density at radius 1 is 1.09 bits per heavy atom. The highest BCUT2D eigenvalue weighted by Crippen LogP contribution is 2.22. The van der Waals surface area contributed by atoms with E-state index in [1.54, 1.807) is 56.6 Å². The lowest BCUT2D eigenvalue weighted by Gasteiger charge is -2.13. The number of carbonyl (C=O) groups excluding carboxylic acids is 1. The summed E-state index contributed by atoms with van der Waals surface area (Å²) >= 11 is 0. The van der Waals surface area contributed by atoms with Crippen molar-refractivity contribution in [3.05, 3.63) is 59.7 Å². The van der Waals surface area contributed by atoms with Crippen LogP contribution in [0.15, 0.2) is 48.5 Å². The summed E-state index contributed by atoms with van der Waals surface area (Å²) in [5.74, 6) is 0.515. The molecule has 0 bridgehead atoms. The van der Waals surface area contributed by atoms with E-state index in [0.29, 0.717) is 16.9 Å². The van der Waals surface area contributed by atoms with Gasteiger partial charge in [-0.3, -0.25) is 4.79 Å². The fourth-order valence-electron chi connectivity index (χ4n) is 1.95. The molecule has 0 saturated heterocycles. The van der Waals surface area contributed by atoms with Crippen molar-refractivity contribution in [1.82, 2.24) is 4.90 Å². The van der Waals surface area contributed by atoms with Gasteiger partial charge in [-0.25, -0.2) is 0 Å². The van der Waals surface area contributed by atoms with E-state index in [1.165, 1.54) is 11.0 Å². The highest BCUT2D eigenvalue weighted by atomic mass is 19.3. The van der Waals surface area contributed by atoms with Gasteiger partial charge in [0.1, 0.15) is 18.1 Å². The van der Waals surface area contributed by atoms with Crippen LogP contribution in [0, 0.1) is 0 Å². The largest absolute Gasteiger partial charge is 0.489 e. The van der Waals surface area contributed by atoms with Gasteiger partial charge in [-0.05, 0) is 30.3 Å². The smallest absolute Gasteiger partial charge is 0.387 e. The second-order valence-corrected chi connectivity index (χ2v) is 5.00. The summed E-state index contributed by atoms with van der Waals surface area (Å²) in [4.78, 5) is 13.3. The fourth-order valence-corrected chi connectivity index (χ4v) is 1.95. The minimum atomic E-state index is -2.88. The first-order valence-electron chi connectivity index (χ1n) is 6.94. The van der Waals surface area contributed by atoms with E-state index in [0.717, 1.165) is 0 Å². The predicted molar refractivity (Wildman–Crippen MR) is 81.9 cm³/mol. The zero-order chi connectivity index (χ0) is 16.8. The number of hydrogen-bond acceptors (Lipinski definition) is 3. The molecule has 0 aliphatic rings. The van der Waals surface area contributed by atoms with E-state index in [9.17, 15) is 13.6 Å². The van der Waals surface area contributed by atoms with Gasteiger partial charge >= 0.3 is 6.61 Å². The van der Waals surface area contributed by atoms with Gasteiger partial charge in [0.2, 0.25) is 0 Å². The van der Waals surface area contributed by atoms with Gasteiger partial charge in [-0.1, -0.05) is 18.2 Å². The fraction of sp³-hybridized carbons (Fsp3) is 0.235. The van der Waals surface area contributed by atoms with Gasteiger partial charge < -0.3 is 14.4 Å². The number of rotatable bonds is 6. The molecule has 122 valence electrons. The van der Waals surface area contributed by atoms with Crippen molar-refractivity contribution >= 4 is 5.91 Å². The van der Waals surface area contributed by atoms with Crippen LogP contribution >= 0.6 is 0 Å². The lowest BCUT2D eigenvalue weighted by Crippen LogP contribution is -2.21. The van der Waals surface area contributed by atoms with Crippen LogP contribution in [-0.2, 0) is 6.61 Å². The van der Waals surface area contributed by atoms with Crippen LogP contribution in [0.5, 0.6) is 11.5 Å². The second-order valence-electron chi connectivity index (χ2n) is 5.00. The molecule has 0 aliphatic carbocycles. The molecule has 0 saturated carbocycles. The summed E-state index contributed by atoms with van der Waals surface area (Å²) < 4.78 is 34.7. The number of ether oxygens (including phenoxy) is 2. The number of alkyl halides is 2. The second kappa shape index (κ2) is 7.58. The molecule has 2 aromatic carbocycles. The summed E-state index contributed by atoms with van der Waals surface area (Å²) in [6.45, 7) is -2.79. The number of nitrogens with zero attached hydrogens (tertiary/aromatic N) is 1. The molecule has 0 unspecified atom stereocenters. The van der Waals surface area contributed by atoms with Gasteiger partial charge in [-0.2, -0.15) is 8.78 Å². The third kappa shape index (κ3) is 4.67. The zero-order valence-electron chi connectivity index (χ0n) is 12.8. The normalized spacial score (nSPS) is 10.5. The average Bonchev–Trinajstić information content (AvgIpc) is 2.53. The lowest BCUT2D eigenvalue weighted by molar-refractivity contribution is -0.0508. The van der Waals surface area contributed by atoms with Crippen LogP contribution in [0.3, 0.4) is 0 Å². The van der Waals surface area contributed by atoms with Crippen LogP contribution in [0.25, 0.3) is 0 Å². The Bertz CT molecular complexity index is 657. The standard InChI is InChI=1S/C17H17F2NO3/c1-20(2)16(21)12-7-9-14(10-8-12)22-11-13-5-3-4-6-15(13)23-17(18)19/h3-10,17H,11H2,1-2H3. The van der Waals surface area contributed by atoms with Crippen LogP contribution in [0.2, 0.25) is 0 Å². The first-order valence-corrected chi connectivity index (χ1v) is 6.94. The Labute approximate surface area is 133 Å². The lowest BCUT2D eigenvalue weighted by atomic mass is 10.2. The third-order valence-corrected chi connectivity index (χ3v) is 3.09. The first-order chi connectivity index (χ1) is 11.0. The Balaban J connectivity index is 2.03. The molecule has 0 radical (unpaired) electrons. The van der Waals surface area contributed by atoms with E-state index < -0.39 is 6.61 Å². The van der Waals surface area contributed by atoms with Gasteiger partial charge in [0.05, 0.1) is 0 Å². The Morgan fingerprint density at radius 3 is 2.35 bits per heavy atom. The Morgan fingerprint density at radius 2 is 1.74 bits per heavy atom. The van der Waals surface area contributed by atoms with E-state index in [1.807, 2.05) is 0 Å². The van der Waals surface area contributed by atoms with Gasteiger partial charge in [0, 0.05) is 25.2 Å². The maximum Gasteiger partial charge on any atom is 0.387 e.